The Morgan fingerprint density at radius 2 is 0.732 bits per heavy atom. The minimum absolute atomic E-state index is 0.417. The average molecular weight is 1040 g/mol. The summed E-state index contributed by atoms with van der Waals surface area (Å²) in [5.41, 5.74) is 24.0. The number of para-hydroxylation sites is 1. The quantitative estimate of drug-likeness (QED) is 0.161. The van der Waals surface area contributed by atoms with Crippen molar-refractivity contribution in [1.82, 2.24) is 4.57 Å². The first-order chi connectivity index (χ1) is 40.7. The summed E-state index contributed by atoms with van der Waals surface area (Å²) in [6.07, 6.45) is 0. The lowest BCUT2D eigenvalue weighted by molar-refractivity contribution is 0.778. The minimum Gasteiger partial charge on any atom is -0.310 e. The highest BCUT2D eigenvalue weighted by Crippen LogP contribution is 2.64. The van der Waals surface area contributed by atoms with Gasteiger partial charge in [-0.05, 0) is 165 Å². The van der Waals surface area contributed by atoms with Crippen LogP contribution in [0.15, 0.2) is 303 Å². The molecule has 2 nitrogen and oxygen atoms in total. The molecule has 0 radical (unpaired) electrons. The summed E-state index contributed by atoms with van der Waals surface area (Å²) in [6, 6.07) is 114. The van der Waals surface area contributed by atoms with Gasteiger partial charge < -0.3 is 9.47 Å². The number of aromatic nitrogens is 1. The van der Waals surface area contributed by atoms with Crippen LogP contribution in [0.1, 0.15) is 44.5 Å². The Morgan fingerprint density at radius 1 is 0.256 bits per heavy atom. The fourth-order valence-electron chi connectivity index (χ4n) is 15.6. The lowest BCUT2D eigenvalue weighted by Crippen LogP contribution is -2.29. The number of nitrogens with zero attached hydrogens (tertiary/aromatic N) is 2. The van der Waals surface area contributed by atoms with Crippen molar-refractivity contribution in [2.45, 2.75) is 10.8 Å². The zero-order chi connectivity index (χ0) is 53.7. The Bertz CT molecular complexity index is 5140. The van der Waals surface area contributed by atoms with Gasteiger partial charge in [0.05, 0.1) is 21.9 Å². The molecule has 2 heteroatoms. The second-order valence-corrected chi connectivity index (χ2v) is 22.6. The van der Waals surface area contributed by atoms with Gasteiger partial charge in [-0.25, -0.2) is 0 Å². The van der Waals surface area contributed by atoms with Gasteiger partial charge in [-0.2, -0.15) is 0 Å². The summed E-state index contributed by atoms with van der Waals surface area (Å²) in [7, 11) is 0. The third kappa shape index (κ3) is 5.97. The molecule has 0 bridgehead atoms. The van der Waals surface area contributed by atoms with Gasteiger partial charge in [-0.1, -0.05) is 243 Å². The highest BCUT2D eigenvalue weighted by Gasteiger charge is 2.52. The van der Waals surface area contributed by atoms with E-state index in [4.69, 9.17) is 0 Å². The van der Waals surface area contributed by atoms with Crippen molar-refractivity contribution in [1.29, 1.82) is 0 Å². The van der Waals surface area contributed by atoms with Crippen LogP contribution in [-0.4, -0.2) is 4.57 Å². The van der Waals surface area contributed by atoms with Gasteiger partial charge in [0.1, 0.15) is 0 Å². The van der Waals surface area contributed by atoms with Crippen LogP contribution in [0.2, 0.25) is 0 Å². The zero-order valence-electron chi connectivity index (χ0n) is 44.8. The lowest BCUT2D eigenvalue weighted by Gasteiger charge is -2.35. The summed E-state index contributed by atoms with van der Waals surface area (Å²) in [5, 5.41) is 9.85. The maximum Gasteiger partial charge on any atom is 0.0725 e. The highest BCUT2D eigenvalue weighted by atomic mass is 15.1. The van der Waals surface area contributed by atoms with E-state index < -0.39 is 10.8 Å². The Balaban J connectivity index is 0.858. The predicted molar refractivity (Wildman–Crippen MR) is 342 cm³/mol. The summed E-state index contributed by atoms with van der Waals surface area (Å²) in [4.78, 5) is 2.46. The van der Waals surface area contributed by atoms with Crippen molar-refractivity contribution in [3.8, 4) is 39.1 Å². The van der Waals surface area contributed by atoms with E-state index in [0.29, 0.717) is 0 Å². The fraction of sp³-hybridized carbons (Fsp3) is 0.0250. The van der Waals surface area contributed by atoms with Gasteiger partial charge in [-0.15, -0.1) is 0 Å². The molecule has 0 amide bonds. The second kappa shape index (κ2) is 17.0. The highest BCUT2D eigenvalue weighted by molar-refractivity contribution is 6.16. The van der Waals surface area contributed by atoms with E-state index in [1.54, 1.807) is 0 Å². The molecule has 1 heterocycles. The molecule has 3 aliphatic rings. The van der Waals surface area contributed by atoms with Crippen molar-refractivity contribution in [2.24, 2.45) is 0 Å². The minimum atomic E-state index is -0.628. The topological polar surface area (TPSA) is 8.17 Å². The first-order valence-electron chi connectivity index (χ1n) is 28.7. The third-order valence-electron chi connectivity index (χ3n) is 18.8. The molecular weight excluding hydrogens is 989 g/mol. The van der Waals surface area contributed by atoms with E-state index in [1.165, 1.54) is 132 Å². The van der Waals surface area contributed by atoms with Crippen LogP contribution >= 0.6 is 0 Å². The standard InChI is InChI=1S/C80H50N2/c1-3-21-54-48-56(38-36-51(54)18-1)79(69-34-17-23-53-20-5-6-24-61(53)69)73-33-15-10-29-67(73)77-75(79)47-45-66-65-28-11-16-35-76(65)82(78(66)77)58-42-40-57(41-43-58)81(59-39-37-52-19-2-4-22-55(52)49-59)60-44-46-74-68(50-60)64-27-9-14-32-72(64)80(74)70-30-12-7-25-62(70)63-26-8-13-31-71(63)80/h1-50H. The molecule has 0 fully saturated rings. The zero-order valence-corrected chi connectivity index (χ0v) is 44.8. The molecule has 380 valence electrons. The van der Waals surface area contributed by atoms with Gasteiger partial charge in [0, 0.05) is 39.1 Å². The van der Waals surface area contributed by atoms with Crippen molar-refractivity contribution in [2.75, 3.05) is 4.90 Å². The third-order valence-corrected chi connectivity index (χ3v) is 18.8. The number of benzene rings is 14. The maximum atomic E-state index is 2.55. The van der Waals surface area contributed by atoms with Crippen molar-refractivity contribution >= 4 is 71.2 Å². The predicted octanol–water partition coefficient (Wildman–Crippen LogP) is 20.4. The Hall–Kier alpha value is -10.5. The molecule has 18 rings (SSSR count). The maximum absolute atomic E-state index is 2.55. The van der Waals surface area contributed by atoms with Crippen LogP contribution in [0.5, 0.6) is 0 Å². The van der Waals surface area contributed by atoms with Crippen LogP contribution in [0, 0.1) is 0 Å². The van der Waals surface area contributed by atoms with Crippen LogP contribution in [0.4, 0.5) is 17.1 Å². The van der Waals surface area contributed by atoms with Crippen molar-refractivity contribution < 1.29 is 0 Å². The molecule has 14 aromatic carbocycles. The molecule has 3 aliphatic carbocycles. The molecule has 1 atom stereocenters. The Kier molecular flexibility index (Phi) is 9.39. The number of hydrogen-bond acceptors (Lipinski definition) is 1. The lowest BCUT2D eigenvalue weighted by atomic mass is 9.66. The normalized spacial score (nSPS) is 15.0. The van der Waals surface area contributed by atoms with Gasteiger partial charge in [0.25, 0.3) is 0 Å². The molecule has 0 saturated heterocycles. The molecule has 15 aromatic rings. The summed E-state index contributed by atoms with van der Waals surface area (Å²) >= 11 is 0. The first kappa shape index (κ1) is 45.3. The monoisotopic (exact) mass is 1040 g/mol. The van der Waals surface area contributed by atoms with Crippen LogP contribution in [-0.2, 0) is 10.8 Å². The van der Waals surface area contributed by atoms with Crippen molar-refractivity contribution in [3.63, 3.8) is 0 Å². The van der Waals surface area contributed by atoms with E-state index in [0.717, 1.165) is 22.7 Å². The molecule has 1 aromatic heterocycles. The van der Waals surface area contributed by atoms with E-state index in [-0.39, 0.29) is 0 Å². The number of hydrogen-bond donors (Lipinski definition) is 0. The summed E-state index contributed by atoms with van der Waals surface area (Å²) in [5.74, 6) is 0. The smallest absolute Gasteiger partial charge is 0.0725 e. The van der Waals surface area contributed by atoms with Gasteiger partial charge in [-0.3, -0.25) is 0 Å². The number of rotatable bonds is 6. The van der Waals surface area contributed by atoms with E-state index in [2.05, 4.69) is 313 Å². The summed E-state index contributed by atoms with van der Waals surface area (Å²) < 4.78 is 2.55. The molecule has 82 heavy (non-hydrogen) atoms. The van der Waals surface area contributed by atoms with E-state index in [9.17, 15) is 0 Å². The van der Waals surface area contributed by atoms with E-state index >= 15 is 0 Å². The Morgan fingerprint density at radius 3 is 1.44 bits per heavy atom. The second-order valence-electron chi connectivity index (χ2n) is 22.6. The molecule has 0 saturated carbocycles. The van der Waals surface area contributed by atoms with Gasteiger partial charge >= 0.3 is 0 Å². The Labute approximate surface area is 475 Å². The molecule has 0 N–H and O–H groups in total. The van der Waals surface area contributed by atoms with Crippen LogP contribution < -0.4 is 4.90 Å². The number of fused-ring (bicyclic) bond motifs is 20. The molecule has 1 spiro atoms. The average Bonchev–Trinajstić information content (AvgIpc) is 2.06. The SMILES string of the molecule is c1ccc2c(c1)-c1ccccc1C21c2ccccc2-c2cc(N(c3ccc(-n4c5ccccc5c5ccc6c(c54)-c4ccccc4C6(c4ccc5ccccc5c4)c4cccc5ccccc45)cc3)c3ccc4ccccc4c3)ccc21. The first-order valence-corrected chi connectivity index (χ1v) is 28.7. The van der Waals surface area contributed by atoms with E-state index in [1.807, 2.05) is 0 Å². The number of anilines is 3. The summed E-state index contributed by atoms with van der Waals surface area (Å²) in [6.45, 7) is 0. The van der Waals surface area contributed by atoms with Crippen LogP contribution in [0.3, 0.4) is 0 Å². The van der Waals surface area contributed by atoms with Crippen LogP contribution in [0.25, 0.3) is 93.2 Å². The van der Waals surface area contributed by atoms with Crippen molar-refractivity contribution in [3.05, 3.63) is 348 Å². The largest absolute Gasteiger partial charge is 0.310 e. The molecule has 1 unspecified atom stereocenters. The molecule has 0 aliphatic heterocycles. The fourth-order valence-corrected chi connectivity index (χ4v) is 15.6. The van der Waals surface area contributed by atoms with Gasteiger partial charge in [0.15, 0.2) is 0 Å². The van der Waals surface area contributed by atoms with Gasteiger partial charge in [0.2, 0.25) is 0 Å². The molecular formula is C80H50N2.